The number of nitrogens with zero attached hydrogens (tertiary/aromatic N) is 2. The second-order valence-electron chi connectivity index (χ2n) is 5.79. The van der Waals surface area contributed by atoms with Gasteiger partial charge < -0.3 is 5.43 Å². The zero-order valence-corrected chi connectivity index (χ0v) is 13.8. The van der Waals surface area contributed by atoms with Crippen LogP contribution in [0.3, 0.4) is 0 Å². The standard InChI is InChI=1S/C19H17ClN4/c20-19-22-17-15-9-5-4-8-14(15)10-11-16(17)18(23-19)24-21-12-13-6-2-1-3-7-13/h1-9,21H,10-12H2,(H,22,23,24). The summed E-state index contributed by atoms with van der Waals surface area (Å²) in [6.07, 6.45) is 1.89. The van der Waals surface area contributed by atoms with Crippen LogP contribution in [0, 0.1) is 0 Å². The molecule has 4 nitrogen and oxygen atoms in total. The largest absolute Gasteiger partial charge is 0.305 e. The molecule has 0 spiro atoms. The maximum atomic E-state index is 6.15. The number of hydrogen-bond donors (Lipinski definition) is 2. The molecule has 4 rings (SSSR count). The lowest BCUT2D eigenvalue weighted by atomic mass is 9.89. The average molecular weight is 337 g/mol. The zero-order chi connectivity index (χ0) is 16.4. The highest BCUT2D eigenvalue weighted by molar-refractivity contribution is 6.28. The van der Waals surface area contributed by atoms with Gasteiger partial charge in [-0.2, -0.15) is 4.98 Å². The van der Waals surface area contributed by atoms with Crippen LogP contribution in [-0.2, 0) is 19.4 Å². The zero-order valence-electron chi connectivity index (χ0n) is 13.1. The van der Waals surface area contributed by atoms with Gasteiger partial charge in [0.15, 0.2) is 0 Å². The Morgan fingerprint density at radius 3 is 2.58 bits per heavy atom. The molecule has 0 unspecified atom stereocenters. The van der Waals surface area contributed by atoms with Gasteiger partial charge in [0.1, 0.15) is 5.82 Å². The van der Waals surface area contributed by atoms with Crippen molar-refractivity contribution >= 4 is 17.4 Å². The third-order valence-electron chi connectivity index (χ3n) is 4.24. The molecule has 0 fully saturated rings. The molecule has 1 aliphatic carbocycles. The molecule has 2 aromatic carbocycles. The SMILES string of the molecule is Clc1nc(NNCc2ccccc2)c2c(n1)-c1ccccc1CC2. The van der Waals surface area contributed by atoms with E-state index in [0.29, 0.717) is 6.54 Å². The first-order valence-electron chi connectivity index (χ1n) is 7.99. The van der Waals surface area contributed by atoms with E-state index in [2.05, 4.69) is 51.2 Å². The van der Waals surface area contributed by atoms with Crippen molar-refractivity contribution in [2.75, 3.05) is 5.43 Å². The van der Waals surface area contributed by atoms with E-state index in [0.717, 1.165) is 35.5 Å². The number of halogens is 1. The van der Waals surface area contributed by atoms with Crippen LogP contribution >= 0.6 is 11.6 Å². The van der Waals surface area contributed by atoms with Gasteiger partial charge in [0, 0.05) is 17.7 Å². The van der Waals surface area contributed by atoms with Crippen molar-refractivity contribution in [3.63, 3.8) is 0 Å². The summed E-state index contributed by atoms with van der Waals surface area (Å²) in [6.45, 7) is 0.702. The average Bonchev–Trinajstić information content (AvgIpc) is 2.62. The third kappa shape index (κ3) is 2.98. The fourth-order valence-electron chi connectivity index (χ4n) is 3.07. The molecule has 0 radical (unpaired) electrons. The van der Waals surface area contributed by atoms with Crippen molar-refractivity contribution in [2.24, 2.45) is 0 Å². The molecule has 0 aliphatic heterocycles. The summed E-state index contributed by atoms with van der Waals surface area (Å²) < 4.78 is 0. The minimum Gasteiger partial charge on any atom is -0.305 e. The quantitative estimate of drug-likeness (QED) is 0.558. The van der Waals surface area contributed by atoms with Crippen LogP contribution in [0.4, 0.5) is 5.82 Å². The predicted octanol–water partition coefficient (Wildman–Crippen LogP) is 4.01. The number of hydrazine groups is 1. The third-order valence-corrected chi connectivity index (χ3v) is 4.41. The first-order chi connectivity index (χ1) is 11.8. The summed E-state index contributed by atoms with van der Waals surface area (Å²) in [6, 6.07) is 18.6. The maximum Gasteiger partial charge on any atom is 0.224 e. The van der Waals surface area contributed by atoms with E-state index in [4.69, 9.17) is 11.6 Å². The highest BCUT2D eigenvalue weighted by atomic mass is 35.5. The Kier molecular flexibility index (Phi) is 4.15. The van der Waals surface area contributed by atoms with E-state index in [9.17, 15) is 0 Å². The van der Waals surface area contributed by atoms with Crippen molar-refractivity contribution in [2.45, 2.75) is 19.4 Å². The van der Waals surface area contributed by atoms with Crippen LogP contribution < -0.4 is 10.9 Å². The number of aryl methyl sites for hydroxylation is 1. The van der Waals surface area contributed by atoms with Crippen LogP contribution in [0.1, 0.15) is 16.7 Å². The summed E-state index contributed by atoms with van der Waals surface area (Å²) in [7, 11) is 0. The second kappa shape index (κ2) is 6.59. The molecule has 5 heteroatoms. The highest BCUT2D eigenvalue weighted by Gasteiger charge is 2.21. The molecule has 3 aromatic rings. The molecular formula is C19H17ClN4. The van der Waals surface area contributed by atoms with E-state index in [1.807, 2.05) is 24.3 Å². The Labute approximate surface area is 145 Å². The number of benzene rings is 2. The van der Waals surface area contributed by atoms with Crippen LogP contribution in [0.15, 0.2) is 54.6 Å². The van der Waals surface area contributed by atoms with Gasteiger partial charge in [-0.15, -0.1) is 0 Å². The first kappa shape index (κ1) is 15.1. The predicted molar refractivity (Wildman–Crippen MR) is 96.8 cm³/mol. The minimum atomic E-state index is 0.259. The lowest BCUT2D eigenvalue weighted by Crippen LogP contribution is -2.24. The fourth-order valence-corrected chi connectivity index (χ4v) is 3.24. The van der Waals surface area contributed by atoms with Crippen LogP contribution in [-0.4, -0.2) is 9.97 Å². The Hall–Kier alpha value is -2.43. The summed E-state index contributed by atoms with van der Waals surface area (Å²) in [5.41, 5.74) is 12.1. The molecule has 2 N–H and O–H groups in total. The summed E-state index contributed by atoms with van der Waals surface area (Å²) in [5.74, 6) is 0.760. The molecule has 0 saturated heterocycles. The van der Waals surface area contributed by atoms with Gasteiger partial charge in [-0.05, 0) is 35.6 Å². The van der Waals surface area contributed by atoms with Crippen molar-refractivity contribution in [3.8, 4) is 11.3 Å². The topological polar surface area (TPSA) is 49.8 Å². The van der Waals surface area contributed by atoms with Gasteiger partial charge in [0.25, 0.3) is 0 Å². The molecule has 0 saturated carbocycles. The molecule has 24 heavy (non-hydrogen) atoms. The van der Waals surface area contributed by atoms with Crippen LogP contribution in [0.25, 0.3) is 11.3 Å². The van der Waals surface area contributed by atoms with Gasteiger partial charge in [-0.3, -0.25) is 0 Å². The maximum absolute atomic E-state index is 6.15. The van der Waals surface area contributed by atoms with Crippen LogP contribution in [0.5, 0.6) is 0 Å². The van der Waals surface area contributed by atoms with E-state index < -0.39 is 0 Å². The van der Waals surface area contributed by atoms with Gasteiger partial charge in [0.05, 0.1) is 5.69 Å². The van der Waals surface area contributed by atoms with Gasteiger partial charge >= 0.3 is 0 Å². The summed E-state index contributed by atoms with van der Waals surface area (Å²) in [5, 5.41) is 0.259. The lowest BCUT2D eigenvalue weighted by molar-refractivity contribution is 0.784. The van der Waals surface area contributed by atoms with E-state index >= 15 is 0 Å². The molecule has 1 heterocycles. The summed E-state index contributed by atoms with van der Waals surface area (Å²) >= 11 is 6.15. The smallest absolute Gasteiger partial charge is 0.224 e. The van der Waals surface area contributed by atoms with Crippen molar-refractivity contribution in [1.82, 2.24) is 15.4 Å². The van der Waals surface area contributed by atoms with Crippen molar-refractivity contribution < 1.29 is 0 Å². The fraction of sp³-hybridized carbons (Fsp3) is 0.158. The number of anilines is 1. The van der Waals surface area contributed by atoms with Crippen molar-refractivity contribution in [1.29, 1.82) is 0 Å². The van der Waals surface area contributed by atoms with E-state index in [1.165, 1.54) is 11.1 Å². The van der Waals surface area contributed by atoms with E-state index in [1.54, 1.807) is 0 Å². The number of nitrogens with one attached hydrogen (secondary N) is 2. The lowest BCUT2D eigenvalue weighted by Gasteiger charge is -2.21. The molecule has 120 valence electrons. The number of rotatable bonds is 4. The normalized spacial score (nSPS) is 12.4. The monoisotopic (exact) mass is 336 g/mol. The Bertz CT molecular complexity index is 864. The number of hydrogen-bond acceptors (Lipinski definition) is 4. The van der Waals surface area contributed by atoms with E-state index in [-0.39, 0.29) is 5.28 Å². The van der Waals surface area contributed by atoms with Gasteiger partial charge in [-0.1, -0.05) is 54.6 Å². The second-order valence-corrected chi connectivity index (χ2v) is 6.13. The Morgan fingerprint density at radius 1 is 0.917 bits per heavy atom. The van der Waals surface area contributed by atoms with Gasteiger partial charge in [-0.25, -0.2) is 10.4 Å². The molecular weight excluding hydrogens is 320 g/mol. The Balaban J connectivity index is 1.60. The summed E-state index contributed by atoms with van der Waals surface area (Å²) in [4.78, 5) is 8.84. The molecule has 0 amide bonds. The number of fused-ring (bicyclic) bond motifs is 3. The highest BCUT2D eigenvalue weighted by Crippen LogP contribution is 2.35. The molecule has 0 bridgehead atoms. The minimum absolute atomic E-state index is 0.259. The molecule has 0 atom stereocenters. The molecule has 1 aromatic heterocycles. The van der Waals surface area contributed by atoms with Crippen molar-refractivity contribution in [3.05, 3.63) is 76.6 Å². The Morgan fingerprint density at radius 2 is 1.71 bits per heavy atom. The number of aromatic nitrogens is 2. The van der Waals surface area contributed by atoms with Gasteiger partial charge in [0.2, 0.25) is 5.28 Å². The molecule has 1 aliphatic rings. The van der Waals surface area contributed by atoms with Crippen LogP contribution in [0.2, 0.25) is 5.28 Å². The first-order valence-corrected chi connectivity index (χ1v) is 8.36.